The summed E-state index contributed by atoms with van der Waals surface area (Å²) in [4.78, 5) is 63.2. The third-order valence-corrected chi connectivity index (χ3v) is 6.78. The van der Waals surface area contributed by atoms with Gasteiger partial charge in [-0.3, -0.25) is 38.7 Å². The van der Waals surface area contributed by atoms with Crippen molar-refractivity contribution in [2.24, 2.45) is 16.2 Å². The molecule has 13 nitrogen and oxygen atoms in total. The average molecular weight is 562 g/mol. The number of carboxylic acids is 5. The number of rotatable bonds is 16. The molecule has 0 radical (unpaired) electrons. The van der Waals surface area contributed by atoms with Gasteiger partial charge < -0.3 is 25.5 Å². The Morgan fingerprint density at radius 1 is 0.538 bits per heavy atom. The van der Waals surface area contributed by atoms with E-state index >= 15 is 0 Å². The van der Waals surface area contributed by atoms with E-state index in [0.717, 1.165) is 0 Å². The Balaban J connectivity index is 7.48. The summed E-state index contributed by atoms with van der Waals surface area (Å²) >= 11 is 0. The first kappa shape index (κ1) is 36.2. The van der Waals surface area contributed by atoms with Crippen LogP contribution in [0.15, 0.2) is 0 Å². The smallest absolute Gasteiger partial charge is 0.317 e. The van der Waals surface area contributed by atoms with Crippen LogP contribution < -0.4 is 0 Å². The number of hydrogen-bond acceptors (Lipinski definition) is 8. The molecule has 0 aromatic rings. The Hall–Kier alpha value is -2.77. The lowest BCUT2D eigenvalue weighted by molar-refractivity contribution is -0.184. The van der Waals surface area contributed by atoms with Crippen molar-refractivity contribution in [2.75, 3.05) is 45.8 Å². The fraction of sp³-hybridized carbons (Fsp3) is 0.808. The lowest BCUT2D eigenvalue weighted by Gasteiger charge is -2.67. The van der Waals surface area contributed by atoms with Crippen molar-refractivity contribution in [2.45, 2.75) is 73.9 Å². The van der Waals surface area contributed by atoms with Crippen LogP contribution in [0.5, 0.6) is 0 Å². The minimum Gasteiger partial charge on any atom is -0.480 e. The summed E-state index contributed by atoms with van der Waals surface area (Å²) < 4.78 is 0. The van der Waals surface area contributed by atoms with Gasteiger partial charge in [-0.05, 0) is 16.2 Å². The van der Waals surface area contributed by atoms with Crippen LogP contribution in [0.1, 0.15) is 62.3 Å². The van der Waals surface area contributed by atoms with Gasteiger partial charge in [0.15, 0.2) is 0 Å². The molecule has 5 N–H and O–H groups in total. The maximum absolute atomic E-state index is 12.1. The summed E-state index contributed by atoms with van der Waals surface area (Å²) in [5.41, 5.74) is -3.70. The first-order valence-corrected chi connectivity index (χ1v) is 12.7. The molecule has 0 aromatic carbocycles. The van der Waals surface area contributed by atoms with E-state index in [1.54, 1.807) is 4.90 Å². The van der Waals surface area contributed by atoms with Gasteiger partial charge in [-0.1, -0.05) is 62.3 Å². The Kier molecular flexibility index (Phi) is 12.6. The van der Waals surface area contributed by atoms with E-state index in [1.807, 2.05) is 62.3 Å². The Bertz CT molecular complexity index is 853. The molecular formula is C26H47N3O10. The van der Waals surface area contributed by atoms with E-state index < -0.39 is 90.4 Å². The number of aliphatic carboxylic acids is 5. The van der Waals surface area contributed by atoms with Gasteiger partial charge in [0.25, 0.3) is 0 Å². The molecular weight excluding hydrogens is 514 g/mol. The Morgan fingerprint density at radius 2 is 0.872 bits per heavy atom. The minimum absolute atomic E-state index is 0.0727. The highest BCUT2D eigenvalue weighted by Crippen LogP contribution is 2.55. The van der Waals surface area contributed by atoms with Crippen molar-refractivity contribution in [3.8, 4) is 0 Å². The van der Waals surface area contributed by atoms with E-state index in [1.165, 1.54) is 9.80 Å². The van der Waals surface area contributed by atoms with Gasteiger partial charge in [0, 0.05) is 24.7 Å². The first-order chi connectivity index (χ1) is 17.4. The van der Waals surface area contributed by atoms with Crippen LogP contribution in [0.2, 0.25) is 0 Å². The standard InChI is InChI=1S/C26H47N3O10/c1-23(2,3)22(28(14-19(34)35)11-10-27(12-17(30)31)13-18(32)33)26(24(4,5)6,25(7,8)9)29(15-20(36)37)16-21(38)39/h22H,10-16H2,1-9H3,(H,30,31)(H,32,33)(H,34,35)(H,36,37)(H,38,39). The lowest BCUT2D eigenvalue weighted by atomic mass is 9.51. The van der Waals surface area contributed by atoms with Crippen LogP contribution in [0.3, 0.4) is 0 Å². The van der Waals surface area contributed by atoms with Crippen LogP contribution in [0.4, 0.5) is 0 Å². The zero-order valence-electron chi connectivity index (χ0n) is 24.6. The van der Waals surface area contributed by atoms with Crippen LogP contribution in [0, 0.1) is 16.2 Å². The molecule has 1 atom stereocenters. The number of carbonyl (C=O) groups is 5. The third kappa shape index (κ3) is 10.0. The second kappa shape index (κ2) is 13.5. The zero-order chi connectivity index (χ0) is 31.1. The third-order valence-electron chi connectivity index (χ3n) is 6.78. The molecule has 0 aromatic heterocycles. The van der Waals surface area contributed by atoms with Crippen LogP contribution in [0.25, 0.3) is 0 Å². The molecule has 0 aliphatic carbocycles. The minimum atomic E-state index is -1.28. The fourth-order valence-corrected chi connectivity index (χ4v) is 6.48. The molecule has 226 valence electrons. The van der Waals surface area contributed by atoms with Crippen LogP contribution >= 0.6 is 0 Å². The highest BCUT2D eigenvalue weighted by molar-refractivity contribution is 5.73. The summed E-state index contributed by atoms with van der Waals surface area (Å²) in [6.45, 7) is 13.6. The molecule has 0 bridgehead atoms. The second-order valence-electron chi connectivity index (χ2n) is 13.0. The molecule has 0 saturated heterocycles. The van der Waals surface area contributed by atoms with Gasteiger partial charge in [-0.2, -0.15) is 0 Å². The van der Waals surface area contributed by atoms with E-state index in [0.29, 0.717) is 0 Å². The van der Waals surface area contributed by atoms with E-state index in [4.69, 9.17) is 0 Å². The summed E-state index contributed by atoms with van der Waals surface area (Å²) in [5, 5.41) is 48.1. The molecule has 0 amide bonds. The van der Waals surface area contributed by atoms with Crippen LogP contribution in [-0.4, -0.2) is 127 Å². The maximum Gasteiger partial charge on any atom is 0.317 e. The molecule has 0 saturated carbocycles. The van der Waals surface area contributed by atoms with Crippen molar-refractivity contribution in [1.82, 2.24) is 14.7 Å². The summed E-state index contributed by atoms with van der Waals surface area (Å²) in [6, 6.07) is -0.795. The Morgan fingerprint density at radius 3 is 1.13 bits per heavy atom. The van der Waals surface area contributed by atoms with E-state index in [2.05, 4.69) is 0 Å². The monoisotopic (exact) mass is 561 g/mol. The van der Waals surface area contributed by atoms with Crippen molar-refractivity contribution in [1.29, 1.82) is 0 Å². The first-order valence-electron chi connectivity index (χ1n) is 12.7. The van der Waals surface area contributed by atoms with Gasteiger partial charge in [-0.25, -0.2) is 0 Å². The molecule has 0 spiro atoms. The number of carboxylic acid groups (broad SMARTS) is 5. The van der Waals surface area contributed by atoms with Crippen LogP contribution in [-0.2, 0) is 24.0 Å². The summed E-state index contributed by atoms with van der Waals surface area (Å²) in [7, 11) is 0. The summed E-state index contributed by atoms with van der Waals surface area (Å²) in [6.07, 6.45) is 0. The molecule has 0 aliphatic heterocycles. The van der Waals surface area contributed by atoms with Gasteiger partial charge >= 0.3 is 29.8 Å². The average Bonchev–Trinajstić information content (AvgIpc) is 2.63. The highest BCUT2D eigenvalue weighted by atomic mass is 16.4. The molecule has 1 unspecified atom stereocenters. The topological polar surface area (TPSA) is 196 Å². The normalized spacial score (nSPS) is 14.1. The SMILES string of the molecule is CC(C)(C)C(N(CCN(CC(=O)O)CC(=O)O)CC(=O)O)C(N(CC(=O)O)CC(=O)O)(C(C)(C)C)C(C)(C)C. The summed E-state index contributed by atoms with van der Waals surface area (Å²) in [5.74, 6) is -6.20. The maximum atomic E-state index is 12.1. The fourth-order valence-electron chi connectivity index (χ4n) is 6.48. The van der Waals surface area contributed by atoms with Gasteiger partial charge in [-0.15, -0.1) is 0 Å². The number of nitrogens with zero attached hydrogens (tertiary/aromatic N) is 3. The molecule has 39 heavy (non-hydrogen) atoms. The van der Waals surface area contributed by atoms with Crippen molar-refractivity contribution in [3.05, 3.63) is 0 Å². The predicted molar refractivity (Wildman–Crippen MR) is 143 cm³/mol. The zero-order valence-corrected chi connectivity index (χ0v) is 24.6. The van der Waals surface area contributed by atoms with Crippen molar-refractivity contribution in [3.63, 3.8) is 0 Å². The lowest BCUT2D eigenvalue weighted by Crippen LogP contribution is -2.78. The van der Waals surface area contributed by atoms with Crippen molar-refractivity contribution < 1.29 is 49.5 Å². The molecule has 0 fully saturated rings. The van der Waals surface area contributed by atoms with E-state index in [-0.39, 0.29) is 13.1 Å². The quantitative estimate of drug-likeness (QED) is 0.182. The van der Waals surface area contributed by atoms with Gasteiger partial charge in [0.2, 0.25) is 0 Å². The predicted octanol–water partition coefficient (Wildman–Crippen LogP) is 1.56. The Labute approximate surface area is 230 Å². The highest BCUT2D eigenvalue weighted by Gasteiger charge is 2.63. The largest absolute Gasteiger partial charge is 0.480 e. The molecule has 0 rings (SSSR count). The van der Waals surface area contributed by atoms with Gasteiger partial charge in [0.05, 0.1) is 32.7 Å². The van der Waals surface area contributed by atoms with E-state index in [9.17, 15) is 49.5 Å². The second-order valence-corrected chi connectivity index (χ2v) is 13.0. The molecule has 0 heterocycles. The van der Waals surface area contributed by atoms with Gasteiger partial charge in [0.1, 0.15) is 0 Å². The molecule has 0 aliphatic rings. The molecule has 13 heteroatoms. The number of hydrogen-bond donors (Lipinski definition) is 5. The van der Waals surface area contributed by atoms with Crippen molar-refractivity contribution >= 4 is 29.8 Å².